The monoisotopic (exact) mass is 547 g/mol. The molecule has 0 saturated heterocycles. The van der Waals surface area contributed by atoms with Crippen molar-refractivity contribution in [2.45, 2.75) is 46.6 Å². The standard InChI is InChI=1S/C22H34ClN5O.HI/c1-7-28(8-2)20(18-11-9-10-12-19(18)23)14-26-22(24-6)25-13-15(3)21-16(4)27-29-17(21)5;/h9-12,15,20H,7-8,13-14H2,1-6H3,(H2,24,25,26);1H. The van der Waals surface area contributed by atoms with E-state index in [0.29, 0.717) is 6.54 Å². The van der Waals surface area contributed by atoms with Crippen molar-refractivity contribution in [2.75, 3.05) is 33.2 Å². The molecule has 0 radical (unpaired) electrons. The molecule has 30 heavy (non-hydrogen) atoms. The summed E-state index contributed by atoms with van der Waals surface area (Å²) in [7, 11) is 1.79. The van der Waals surface area contributed by atoms with Gasteiger partial charge in [0.2, 0.25) is 0 Å². The topological polar surface area (TPSA) is 65.7 Å². The first-order valence-electron chi connectivity index (χ1n) is 10.3. The van der Waals surface area contributed by atoms with E-state index < -0.39 is 0 Å². The molecule has 2 N–H and O–H groups in total. The van der Waals surface area contributed by atoms with Crippen molar-refractivity contribution in [1.29, 1.82) is 0 Å². The summed E-state index contributed by atoms with van der Waals surface area (Å²) in [6, 6.07) is 8.22. The van der Waals surface area contributed by atoms with Gasteiger partial charge in [0.05, 0.1) is 11.7 Å². The molecule has 8 heteroatoms. The average Bonchev–Trinajstić information content (AvgIpc) is 3.06. The van der Waals surface area contributed by atoms with Gasteiger partial charge in [-0.15, -0.1) is 24.0 Å². The van der Waals surface area contributed by atoms with Crippen LogP contribution in [0.4, 0.5) is 0 Å². The third-order valence-corrected chi connectivity index (χ3v) is 5.71. The van der Waals surface area contributed by atoms with Crippen LogP contribution in [0.15, 0.2) is 33.8 Å². The van der Waals surface area contributed by atoms with Gasteiger partial charge < -0.3 is 15.2 Å². The van der Waals surface area contributed by atoms with Gasteiger partial charge in [0.25, 0.3) is 0 Å². The summed E-state index contributed by atoms with van der Waals surface area (Å²) >= 11 is 6.50. The Morgan fingerprint density at radius 1 is 1.17 bits per heavy atom. The number of guanidine groups is 1. The molecule has 2 atom stereocenters. The summed E-state index contributed by atoms with van der Waals surface area (Å²) in [5, 5.41) is 11.8. The maximum atomic E-state index is 6.50. The summed E-state index contributed by atoms with van der Waals surface area (Å²) in [6.45, 7) is 13.8. The number of halogens is 2. The van der Waals surface area contributed by atoms with Crippen molar-refractivity contribution in [3.8, 4) is 0 Å². The molecule has 0 bridgehead atoms. The largest absolute Gasteiger partial charge is 0.361 e. The number of likely N-dealkylation sites (N-methyl/N-ethyl adjacent to an activating group) is 1. The molecule has 0 aliphatic rings. The summed E-state index contributed by atoms with van der Waals surface area (Å²) in [5.41, 5.74) is 3.23. The Kier molecular flexibility index (Phi) is 11.7. The number of aliphatic imine (C=N–C) groups is 1. The van der Waals surface area contributed by atoms with E-state index in [0.717, 1.165) is 53.2 Å². The molecule has 168 valence electrons. The maximum Gasteiger partial charge on any atom is 0.191 e. The fourth-order valence-electron chi connectivity index (χ4n) is 3.80. The summed E-state index contributed by atoms with van der Waals surface area (Å²) in [5.74, 6) is 1.91. The van der Waals surface area contributed by atoms with E-state index in [1.54, 1.807) is 7.05 Å². The summed E-state index contributed by atoms with van der Waals surface area (Å²) in [6.07, 6.45) is 0. The highest BCUT2D eigenvalue weighted by Crippen LogP contribution is 2.27. The van der Waals surface area contributed by atoms with Gasteiger partial charge in [0, 0.05) is 36.6 Å². The van der Waals surface area contributed by atoms with E-state index in [2.05, 4.69) is 52.5 Å². The Labute approximate surface area is 202 Å². The Bertz CT molecular complexity index is 787. The molecule has 2 rings (SSSR count). The predicted octanol–water partition coefficient (Wildman–Crippen LogP) is 4.91. The van der Waals surface area contributed by atoms with Crippen molar-refractivity contribution >= 4 is 41.5 Å². The van der Waals surface area contributed by atoms with Crippen LogP contribution in [-0.2, 0) is 0 Å². The Balaban J connectivity index is 0.00000450. The van der Waals surface area contributed by atoms with Gasteiger partial charge in [0.15, 0.2) is 5.96 Å². The van der Waals surface area contributed by atoms with E-state index in [1.165, 1.54) is 0 Å². The van der Waals surface area contributed by atoms with Crippen LogP contribution in [0, 0.1) is 13.8 Å². The van der Waals surface area contributed by atoms with E-state index >= 15 is 0 Å². The highest BCUT2D eigenvalue weighted by molar-refractivity contribution is 14.0. The van der Waals surface area contributed by atoms with Crippen LogP contribution in [0.3, 0.4) is 0 Å². The molecule has 0 fully saturated rings. The van der Waals surface area contributed by atoms with Crippen LogP contribution < -0.4 is 10.6 Å². The van der Waals surface area contributed by atoms with Crippen LogP contribution in [0.25, 0.3) is 0 Å². The first-order valence-corrected chi connectivity index (χ1v) is 10.7. The minimum absolute atomic E-state index is 0. The molecule has 1 aromatic carbocycles. The second kappa shape index (κ2) is 13.2. The highest BCUT2D eigenvalue weighted by atomic mass is 127. The maximum absolute atomic E-state index is 6.50. The first kappa shape index (κ1) is 26.7. The zero-order valence-corrected chi connectivity index (χ0v) is 21.9. The number of benzene rings is 1. The van der Waals surface area contributed by atoms with Gasteiger partial charge >= 0.3 is 0 Å². The lowest BCUT2D eigenvalue weighted by molar-refractivity contribution is 0.219. The van der Waals surface area contributed by atoms with Crippen molar-refractivity contribution in [1.82, 2.24) is 20.7 Å². The molecule has 6 nitrogen and oxygen atoms in total. The van der Waals surface area contributed by atoms with Crippen molar-refractivity contribution in [3.63, 3.8) is 0 Å². The third kappa shape index (κ3) is 6.85. The minimum Gasteiger partial charge on any atom is -0.361 e. The number of rotatable bonds is 9. The highest BCUT2D eigenvalue weighted by Gasteiger charge is 2.21. The molecule has 0 spiro atoms. The lowest BCUT2D eigenvalue weighted by atomic mass is 10.00. The van der Waals surface area contributed by atoms with E-state index in [1.807, 2.05) is 32.0 Å². The number of nitrogens with one attached hydrogen (secondary N) is 2. The summed E-state index contributed by atoms with van der Waals surface area (Å²) in [4.78, 5) is 6.79. The third-order valence-electron chi connectivity index (χ3n) is 5.36. The summed E-state index contributed by atoms with van der Waals surface area (Å²) < 4.78 is 5.30. The van der Waals surface area contributed by atoms with Crippen molar-refractivity contribution < 1.29 is 4.52 Å². The van der Waals surface area contributed by atoms with E-state index in [4.69, 9.17) is 16.1 Å². The molecule has 0 amide bonds. The van der Waals surface area contributed by atoms with E-state index in [9.17, 15) is 0 Å². The van der Waals surface area contributed by atoms with Crippen LogP contribution in [0.2, 0.25) is 5.02 Å². The molecular weight excluding hydrogens is 513 g/mol. The van der Waals surface area contributed by atoms with Gasteiger partial charge in [-0.2, -0.15) is 0 Å². The van der Waals surface area contributed by atoms with Crippen LogP contribution >= 0.6 is 35.6 Å². The average molecular weight is 548 g/mol. The van der Waals surface area contributed by atoms with Gasteiger partial charge in [-0.25, -0.2) is 0 Å². The molecule has 2 unspecified atom stereocenters. The van der Waals surface area contributed by atoms with Crippen LogP contribution in [0.5, 0.6) is 0 Å². The molecule has 2 aromatic rings. The molecule has 0 aliphatic heterocycles. The van der Waals surface area contributed by atoms with Gasteiger partial charge in [-0.3, -0.25) is 9.89 Å². The van der Waals surface area contributed by atoms with E-state index in [-0.39, 0.29) is 35.9 Å². The quantitative estimate of drug-likeness (QED) is 0.265. The SMILES string of the molecule is CCN(CC)C(CNC(=NC)NCC(C)c1c(C)noc1C)c1ccccc1Cl.I. The number of hydrogen-bond donors (Lipinski definition) is 2. The number of aryl methyl sites for hydroxylation is 2. The lowest BCUT2D eigenvalue weighted by Crippen LogP contribution is -2.44. The Morgan fingerprint density at radius 3 is 2.33 bits per heavy atom. The minimum atomic E-state index is 0. The molecule has 0 saturated carbocycles. The lowest BCUT2D eigenvalue weighted by Gasteiger charge is -2.31. The molecular formula is C22H35ClIN5O. The fourth-order valence-corrected chi connectivity index (χ4v) is 4.07. The smallest absolute Gasteiger partial charge is 0.191 e. The number of hydrogen-bond acceptors (Lipinski definition) is 4. The zero-order chi connectivity index (χ0) is 21.4. The van der Waals surface area contributed by atoms with Crippen LogP contribution in [-0.4, -0.2) is 49.2 Å². The number of aromatic nitrogens is 1. The van der Waals surface area contributed by atoms with Gasteiger partial charge in [-0.1, -0.05) is 55.7 Å². The molecule has 1 aromatic heterocycles. The fraction of sp³-hybridized carbons (Fsp3) is 0.545. The first-order chi connectivity index (χ1) is 13.9. The zero-order valence-electron chi connectivity index (χ0n) is 18.8. The normalized spacial score (nSPS) is 13.7. The van der Waals surface area contributed by atoms with Gasteiger partial charge in [0.1, 0.15) is 5.76 Å². The second-order valence-corrected chi connectivity index (χ2v) is 7.64. The predicted molar refractivity (Wildman–Crippen MR) is 136 cm³/mol. The van der Waals surface area contributed by atoms with Crippen LogP contribution in [0.1, 0.15) is 55.3 Å². The van der Waals surface area contributed by atoms with Crippen molar-refractivity contribution in [2.24, 2.45) is 4.99 Å². The van der Waals surface area contributed by atoms with Crippen molar-refractivity contribution in [3.05, 3.63) is 51.9 Å². The molecule has 1 heterocycles. The second-order valence-electron chi connectivity index (χ2n) is 7.23. The van der Waals surface area contributed by atoms with Gasteiger partial charge in [-0.05, 0) is 38.6 Å². The Hall–Kier alpha value is -1.32. The number of nitrogens with zero attached hydrogens (tertiary/aromatic N) is 3. The Morgan fingerprint density at radius 2 is 1.80 bits per heavy atom. The molecule has 0 aliphatic carbocycles.